The van der Waals surface area contributed by atoms with Crippen molar-refractivity contribution >= 4 is 0 Å². The monoisotopic (exact) mass is 310 g/mol. The number of phenolic OH excluding ortho intramolecular Hbond substituents is 1. The average Bonchev–Trinajstić information content (AvgIpc) is 2.58. The summed E-state index contributed by atoms with van der Waals surface area (Å²) in [7, 11) is 0. The molecule has 0 aliphatic heterocycles. The number of para-hydroxylation sites is 1. The summed E-state index contributed by atoms with van der Waals surface area (Å²) < 4.78 is 0. The zero-order valence-electron chi connectivity index (χ0n) is 14.6. The number of hydrogen-bond acceptors (Lipinski definition) is 1. The van der Waals surface area contributed by atoms with Crippen LogP contribution in [0.3, 0.4) is 0 Å². The van der Waals surface area contributed by atoms with E-state index >= 15 is 0 Å². The Morgan fingerprint density at radius 3 is 2.13 bits per heavy atom. The minimum atomic E-state index is 0.376. The van der Waals surface area contributed by atoms with Crippen LogP contribution in [0.1, 0.15) is 70.3 Å². The second-order valence-electron chi connectivity index (χ2n) is 6.44. The molecule has 1 nitrogen and oxygen atoms in total. The highest BCUT2D eigenvalue weighted by molar-refractivity contribution is 5.73. The summed E-state index contributed by atoms with van der Waals surface area (Å²) in [4.78, 5) is 0. The molecule has 2 aromatic carbocycles. The molecule has 0 saturated heterocycles. The second-order valence-corrected chi connectivity index (χ2v) is 6.44. The van der Waals surface area contributed by atoms with Crippen LogP contribution in [0.25, 0.3) is 11.1 Å². The first-order chi connectivity index (χ1) is 11.3. The van der Waals surface area contributed by atoms with Crippen LogP contribution in [0.5, 0.6) is 5.75 Å². The van der Waals surface area contributed by atoms with Crippen molar-refractivity contribution in [2.75, 3.05) is 0 Å². The molecular weight excluding hydrogens is 280 g/mol. The van der Waals surface area contributed by atoms with E-state index in [4.69, 9.17) is 0 Å². The van der Waals surface area contributed by atoms with E-state index in [0.717, 1.165) is 5.56 Å². The predicted octanol–water partition coefficient (Wildman–Crippen LogP) is 6.91. The first-order valence-corrected chi connectivity index (χ1v) is 9.15. The van der Waals surface area contributed by atoms with Gasteiger partial charge in [-0.15, -0.1) is 0 Å². The lowest BCUT2D eigenvalue weighted by atomic mass is 9.84. The van der Waals surface area contributed by atoms with Gasteiger partial charge in [-0.25, -0.2) is 0 Å². The normalized spacial score (nSPS) is 12.3. The Kier molecular flexibility index (Phi) is 7.19. The summed E-state index contributed by atoms with van der Waals surface area (Å²) in [5, 5.41) is 10.2. The van der Waals surface area contributed by atoms with Gasteiger partial charge in [0.15, 0.2) is 0 Å². The van der Waals surface area contributed by atoms with Crippen molar-refractivity contribution in [3.8, 4) is 16.9 Å². The summed E-state index contributed by atoms with van der Waals surface area (Å²) in [5.74, 6) is 0.967. The zero-order chi connectivity index (χ0) is 16.5. The van der Waals surface area contributed by atoms with E-state index in [1.807, 2.05) is 18.2 Å². The Morgan fingerprint density at radius 2 is 1.43 bits per heavy atom. The quantitative estimate of drug-likeness (QED) is 0.499. The molecule has 0 spiro atoms. The van der Waals surface area contributed by atoms with Gasteiger partial charge in [-0.1, -0.05) is 88.4 Å². The molecule has 0 aliphatic rings. The van der Waals surface area contributed by atoms with Gasteiger partial charge in [-0.2, -0.15) is 0 Å². The molecule has 0 aromatic heterocycles. The molecule has 1 heteroatoms. The standard InChI is InChI=1S/C22H30O/c1-3-5-6-7-13-18(12-4-2)19-14-8-9-15-20(19)21-16-10-11-17-22(21)23/h8-11,14-18,23H,3-7,12-13H2,1-2H3. The molecule has 0 aliphatic carbocycles. The van der Waals surface area contributed by atoms with Crippen LogP contribution < -0.4 is 0 Å². The Balaban J connectivity index is 2.27. The summed E-state index contributed by atoms with van der Waals surface area (Å²) in [5.41, 5.74) is 3.55. The molecule has 2 aromatic rings. The fourth-order valence-electron chi connectivity index (χ4n) is 3.42. The number of unbranched alkanes of at least 4 members (excludes halogenated alkanes) is 3. The molecule has 23 heavy (non-hydrogen) atoms. The molecule has 1 unspecified atom stereocenters. The maximum atomic E-state index is 10.2. The molecule has 1 N–H and O–H groups in total. The van der Waals surface area contributed by atoms with Crippen molar-refractivity contribution in [1.29, 1.82) is 0 Å². The van der Waals surface area contributed by atoms with Crippen LogP contribution in [0.4, 0.5) is 0 Å². The molecule has 0 saturated carbocycles. The van der Waals surface area contributed by atoms with Crippen LogP contribution >= 0.6 is 0 Å². The van der Waals surface area contributed by atoms with Gasteiger partial charge >= 0.3 is 0 Å². The molecule has 1 atom stereocenters. The second kappa shape index (κ2) is 9.39. The molecule has 0 heterocycles. The minimum Gasteiger partial charge on any atom is -0.507 e. The van der Waals surface area contributed by atoms with Crippen molar-refractivity contribution in [2.24, 2.45) is 0 Å². The van der Waals surface area contributed by atoms with Gasteiger partial charge in [0.2, 0.25) is 0 Å². The van der Waals surface area contributed by atoms with Gasteiger partial charge < -0.3 is 5.11 Å². The van der Waals surface area contributed by atoms with Crippen LogP contribution in [-0.4, -0.2) is 5.11 Å². The van der Waals surface area contributed by atoms with Crippen molar-refractivity contribution in [3.63, 3.8) is 0 Å². The third kappa shape index (κ3) is 4.86. The van der Waals surface area contributed by atoms with E-state index in [0.29, 0.717) is 11.7 Å². The fraction of sp³-hybridized carbons (Fsp3) is 0.455. The third-order valence-electron chi connectivity index (χ3n) is 4.64. The topological polar surface area (TPSA) is 20.2 Å². The lowest BCUT2D eigenvalue weighted by Gasteiger charge is -2.21. The molecule has 124 valence electrons. The first-order valence-electron chi connectivity index (χ1n) is 9.15. The Hall–Kier alpha value is -1.76. The average molecular weight is 310 g/mol. The van der Waals surface area contributed by atoms with Gasteiger partial charge in [0.25, 0.3) is 0 Å². The highest BCUT2D eigenvalue weighted by Gasteiger charge is 2.16. The van der Waals surface area contributed by atoms with Gasteiger partial charge in [0, 0.05) is 5.56 Å². The summed E-state index contributed by atoms with van der Waals surface area (Å²) >= 11 is 0. The molecular formula is C22H30O. The van der Waals surface area contributed by atoms with Crippen molar-refractivity contribution in [2.45, 2.75) is 64.7 Å². The number of phenols is 1. The Bertz CT molecular complexity index is 588. The van der Waals surface area contributed by atoms with E-state index in [-0.39, 0.29) is 0 Å². The molecule has 0 amide bonds. The summed E-state index contributed by atoms with van der Waals surface area (Å²) in [6.07, 6.45) is 8.92. The number of hydrogen-bond donors (Lipinski definition) is 1. The van der Waals surface area contributed by atoms with Crippen LogP contribution in [0, 0.1) is 0 Å². The maximum absolute atomic E-state index is 10.2. The highest BCUT2D eigenvalue weighted by atomic mass is 16.3. The first kappa shape index (κ1) is 17.6. The predicted molar refractivity (Wildman–Crippen MR) is 100.0 cm³/mol. The summed E-state index contributed by atoms with van der Waals surface area (Å²) in [6, 6.07) is 16.3. The molecule has 0 fully saturated rings. The zero-order valence-corrected chi connectivity index (χ0v) is 14.6. The largest absolute Gasteiger partial charge is 0.507 e. The van der Waals surface area contributed by atoms with Crippen LogP contribution in [0.2, 0.25) is 0 Å². The van der Waals surface area contributed by atoms with E-state index in [9.17, 15) is 5.11 Å². The Morgan fingerprint density at radius 1 is 0.739 bits per heavy atom. The maximum Gasteiger partial charge on any atom is 0.123 e. The number of rotatable bonds is 9. The molecule has 0 radical (unpaired) electrons. The third-order valence-corrected chi connectivity index (χ3v) is 4.64. The van der Waals surface area contributed by atoms with Gasteiger partial charge in [-0.3, -0.25) is 0 Å². The molecule has 2 rings (SSSR count). The van der Waals surface area contributed by atoms with E-state index in [2.05, 4.69) is 38.1 Å². The minimum absolute atomic E-state index is 0.376. The van der Waals surface area contributed by atoms with E-state index < -0.39 is 0 Å². The van der Waals surface area contributed by atoms with Gasteiger partial charge in [0.1, 0.15) is 5.75 Å². The van der Waals surface area contributed by atoms with E-state index in [1.54, 1.807) is 6.07 Å². The number of aromatic hydroxyl groups is 1. The van der Waals surface area contributed by atoms with Gasteiger partial charge in [-0.05, 0) is 36.0 Å². The lowest BCUT2D eigenvalue weighted by Crippen LogP contribution is -2.01. The SMILES string of the molecule is CCCCCCC(CCC)c1ccccc1-c1ccccc1O. The lowest BCUT2D eigenvalue weighted by molar-refractivity contribution is 0.477. The highest BCUT2D eigenvalue weighted by Crippen LogP contribution is 2.38. The van der Waals surface area contributed by atoms with Crippen LogP contribution in [0.15, 0.2) is 48.5 Å². The van der Waals surface area contributed by atoms with Crippen molar-refractivity contribution in [1.82, 2.24) is 0 Å². The van der Waals surface area contributed by atoms with Gasteiger partial charge in [0.05, 0.1) is 0 Å². The molecule has 0 bridgehead atoms. The Labute approximate surface area is 141 Å². The smallest absolute Gasteiger partial charge is 0.123 e. The van der Waals surface area contributed by atoms with E-state index in [1.165, 1.54) is 56.1 Å². The fourth-order valence-corrected chi connectivity index (χ4v) is 3.42. The van der Waals surface area contributed by atoms with Crippen molar-refractivity contribution < 1.29 is 5.11 Å². The number of benzene rings is 2. The van der Waals surface area contributed by atoms with Crippen molar-refractivity contribution in [3.05, 3.63) is 54.1 Å². The summed E-state index contributed by atoms with van der Waals surface area (Å²) in [6.45, 7) is 4.53. The van der Waals surface area contributed by atoms with Crippen LogP contribution in [-0.2, 0) is 0 Å².